The van der Waals surface area contributed by atoms with Crippen molar-refractivity contribution in [2.24, 2.45) is 5.73 Å². The first kappa shape index (κ1) is 7.61. The third kappa shape index (κ3) is 1.32. The molecule has 4 heteroatoms. The molecule has 0 fully saturated rings. The van der Waals surface area contributed by atoms with Crippen LogP contribution in [0.3, 0.4) is 0 Å². The van der Waals surface area contributed by atoms with E-state index in [0.29, 0.717) is 24.4 Å². The summed E-state index contributed by atoms with van der Waals surface area (Å²) >= 11 is 0. The van der Waals surface area contributed by atoms with Crippen LogP contribution in [0.4, 0.5) is 0 Å². The lowest BCUT2D eigenvalue weighted by Crippen LogP contribution is -2.27. The molecule has 4 nitrogen and oxygen atoms in total. The number of carbonyl (C=O) groups is 1. The van der Waals surface area contributed by atoms with Gasteiger partial charge in [-0.05, 0) is 0 Å². The highest BCUT2D eigenvalue weighted by atomic mass is 16.2. The van der Waals surface area contributed by atoms with Crippen molar-refractivity contribution in [1.29, 1.82) is 5.26 Å². The maximum atomic E-state index is 10.8. The van der Waals surface area contributed by atoms with Gasteiger partial charge in [0, 0.05) is 12.6 Å². The molecule has 0 aromatic heterocycles. The second-order valence-electron chi connectivity index (χ2n) is 2.49. The Labute approximate surface area is 64.9 Å². The van der Waals surface area contributed by atoms with Gasteiger partial charge in [-0.3, -0.25) is 4.79 Å². The predicted octanol–water partition coefficient (Wildman–Crippen LogP) is -0.415. The van der Waals surface area contributed by atoms with E-state index < -0.39 is 0 Å². The lowest BCUT2D eigenvalue weighted by atomic mass is 10.3. The highest BCUT2D eigenvalue weighted by molar-refractivity contribution is 5.75. The summed E-state index contributed by atoms with van der Waals surface area (Å²) < 4.78 is 0. The van der Waals surface area contributed by atoms with Crippen LogP contribution >= 0.6 is 0 Å². The Kier molecular flexibility index (Phi) is 1.81. The molecule has 1 aliphatic rings. The van der Waals surface area contributed by atoms with Crippen molar-refractivity contribution in [2.45, 2.75) is 6.92 Å². The van der Waals surface area contributed by atoms with Crippen LogP contribution in [0.1, 0.15) is 6.92 Å². The monoisotopic (exact) mass is 151 g/mol. The smallest absolute Gasteiger partial charge is 0.220 e. The summed E-state index contributed by atoms with van der Waals surface area (Å²) in [4.78, 5) is 12.3. The van der Waals surface area contributed by atoms with Gasteiger partial charge in [0.2, 0.25) is 5.91 Å². The van der Waals surface area contributed by atoms with Gasteiger partial charge in [-0.25, -0.2) is 0 Å². The third-order valence-corrected chi connectivity index (χ3v) is 1.68. The molecule has 0 bridgehead atoms. The average molecular weight is 151 g/mol. The molecule has 0 radical (unpaired) electrons. The van der Waals surface area contributed by atoms with Crippen molar-refractivity contribution < 1.29 is 4.79 Å². The second-order valence-corrected chi connectivity index (χ2v) is 2.49. The summed E-state index contributed by atoms with van der Waals surface area (Å²) in [6, 6.07) is 1.96. The molecule has 0 atom stereocenters. The number of nitrogens with two attached hydrogens (primary N) is 1. The fraction of sp³-hybridized carbons (Fsp3) is 0.429. The van der Waals surface area contributed by atoms with E-state index in [1.165, 1.54) is 11.8 Å². The Morgan fingerprint density at radius 2 is 2.36 bits per heavy atom. The molecule has 2 N–H and O–H groups in total. The van der Waals surface area contributed by atoms with Crippen molar-refractivity contribution in [3.8, 4) is 6.07 Å². The molecule has 0 aliphatic carbocycles. The van der Waals surface area contributed by atoms with Crippen molar-refractivity contribution in [2.75, 3.05) is 13.1 Å². The molecule has 1 heterocycles. The molecule has 0 spiro atoms. The van der Waals surface area contributed by atoms with E-state index in [4.69, 9.17) is 11.0 Å². The topological polar surface area (TPSA) is 70.1 Å². The molecule has 0 unspecified atom stereocenters. The first-order chi connectivity index (χ1) is 5.15. The van der Waals surface area contributed by atoms with Crippen LogP contribution in [-0.2, 0) is 4.79 Å². The predicted molar refractivity (Wildman–Crippen MR) is 39.1 cm³/mol. The van der Waals surface area contributed by atoms with Gasteiger partial charge in [0.15, 0.2) is 0 Å². The summed E-state index contributed by atoms with van der Waals surface area (Å²) in [6.45, 7) is 2.24. The molecule has 0 aromatic carbocycles. The van der Waals surface area contributed by atoms with Gasteiger partial charge in [0.1, 0.15) is 0 Å². The summed E-state index contributed by atoms with van der Waals surface area (Å²) in [5.41, 5.74) is 6.51. The van der Waals surface area contributed by atoms with Crippen LogP contribution in [0, 0.1) is 11.3 Å². The number of hydrogen-bond acceptors (Lipinski definition) is 3. The molecule has 0 saturated carbocycles. The van der Waals surface area contributed by atoms with Gasteiger partial charge in [0.25, 0.3) is 0 Å². The van der Waals surface area contributed by atoms with E-state index in [1.54, 1.807) is 0 Å². The van der Waals surface area contributed by atoms with Crippen LogP contribution in [-0.4, -0.2) is 23.9 Å². The number of rotatable bonds is 0. The molecular formula is C7H9N3O. The van der Waals surface area contributed by atoms with E-state index in [9.17, 15) is 4.79 Å². The first-order valence-corrected chi connectivity index (χ1v) is 3.28. The molecule has 0 aromatic rings. The fourth-order valence-electron chi connectivity index (χ4n) is 0.979. The highest BCUT2D eigenvalue weighted by Crippen LogP contribution is 2.11. The zero-order chi connectivity index (χ0) is 8.43. The van der Waals surface area contributed by atoms with Gasteiger partial charge < -0.3 is 10.6 Å². The molecule has 11 heavy (non-hydrogen) atoms. The SMILES string of the molecule is CC(=O)N1CC(N)=C(C#N)C1. The number of nitriles is 1. The Morgan fingerprint density at radius 1 is 1.73 bits per heavy atom. The van der Waals surface area contributed by atoms with Crippen molar-refractivity contribution in [3.05, 3.63) is 11.3 Å². The number of nitrogens with zero attached hydrogens (tertiary/aromatic N) is 2. The zero-order valence-electron chi connectivity index (χ0n) is 6.29. The van der Waals surface area contributed by atoms with Crippen LogP contribution in [0.5, 0.6) is 0 Å². The normalized spacial score (nSPS) is 16.9. The summed E-state index contributed by atoms with van der Waals surface area (Å²) in [6.07, 6.45) is 0. The zero-order valence-corrected chi connectivity index (χ0v) is 6.29. The standard InChI is InChI=1S/C7H9N3O/c1-5(11)10-3-6(2-8)7(9)4-10/h3-4,9H2,1H3. The lowest BCUT2D eigenvalue weighted by Gasteiger charge is -2.11. The first-order valence-electron chi connectivity index (χ1n) is 3.28. The molecule has 1 rings (SSSR count). The molecule has 1 amide bonds. The van der Waals surface area contributed by atoms with E-state index in [-0.39, 0.29) is 5.91 Å². The van der Waals surface area contributed by atoms with E-state index in [2.05, 4.69) is 0 Å². The average Bonchev–Trinajstić information content (AvgIpc) is 2.31. The Bertz CT molecular complexity index is 261. The Balaban J connectivity index is 2.70. The minimum atomic E-state index is -0.0433. The van der Waals surface area contributed by atoms with Gasteiger partial charge >= 0.3 is 0 Å². The minimum Gasteiger partial charge on any atom is -0.400 e. The van der Waals surface area contributed by atoms with Gasteiger partial charge in [-0.2, -0.15) is 5.26 Å². The highest BCUT2D eigenvalue weighted by Gasteiger charge is 2.21. The van der Waals surface area contributed by atoms with E-state index in [0.717, 1.165) is 0 Å². The number of amides is 1. The van der Waals surface area contributed by atoms with Crippen LogP contribution < -0.4 is 5.73 Å². The van der Waals surface area contributed by atoms with Gasteiger partial charge in [0.05, 0.1) is 24.7 Å². The Morgan fingerprint density at radius 3 is 2.64 bits per heavy atom. The lowest BCUT2D eigenvalue weighted by molar-refractivity contribution is -0.127. The molecule has 1 aliphatic heterocycles. The third-order valence-electron chi connectivity index (χ3n) is 1.68. The van der Waals surface area contributed by atoms with Crippen LogP contribution in [0.15, 0.2) is 11.3 Å². The van der Waals surface area contributed by atoms with Crippen molar-refractivity contribution >= 4 is 5.91 Å². The summed E-state index contributed by atoms with van der Waals surface area (Å²) in [7, 11) is 0. The fourth-order valence-corrected chi connectivity index (χ4v) is 0.979. The van der Waals surface area contributed by atoms with Crippen LogP contribution in [0.25, 0.3) is 0 Å². The number of carbonyl (C=O) groups excluding carboxylic acids is 1. The van der Waals surface area contributed by atoms with E-state index in [1.807, 2.05) is 6.07 Å². The summed E-state index contributed by atoms with van der Waals surface area (Å²) in [5.74, 6) is -0.0433. The molecule has 58 valence electrons. The van der Waals surface area contributed by atoms with E-state index >= 15 is 0 Å². The molecular weight excluding hydrogens is 142 g/mol. The van der Waals surface area contributed by atoms with Crippen LogP contribution in [0.2, 0.25) is 0 Å². The number of hydrogen-bond donors (Lipinski definition) is 1. The maximum Gasteiger partial charge on any atom is 0.220 e. The quantitative estimate of drug-likeness (QED) is 0.511. The van der Waals surface area contributed by atoms with Crippen molar-refractivity contribution in [1.82, 2.24) is 4.90 Å². The largest absolute Gasteiger partial charge is 0.400 e. The maximum absolute atomic E-state index is 10.8. The van der Waals surface area contributed by atoms with Gasteiger partial charge in [-0.1, -0.05) is 0 Å². The Hall–Kier alpha value is -1.50. The molecule has 0 saturated heterocycles. The van der Waals surface area contributed by atoms with Gasteiger partial charge in [-0.15, -0.1) is 0 Å². The minimum absolute atomic E-state index is 0.0433. The van der Waals surface area contributed by atoms with Crippen molar-refractivity contribution in [3.63, 3.8) is 0 Å². The summed E-state index contributed by atoms with van der Waals surface area (Å²) in [5, 5.41) is 8.51. The second kappa shape index (κ2) is 2.62.